The first-order valence-corrected chi connectivity index (χ1v) is 6.72. The van der Waals surface area contributed by atoms with Crippen LogP contribution in [0.2, 0.25) is 10.0 Å². The van der Waals surface area contributed by atoms with Crippen LogP contribution in [0.3, 0.4) is 0 Å². The molecule has 1 aromatic carbocycles. The van der Waals surface area contributed by atoms with Crippen LogP contribution >= 0.6 is 23.2 Å². The summed E-state index contributed by atoms with van der Waals surface area (Å²) in [5.41, 5.74) is 1.15. The number of nitrogens with zero attached hydrogens (tertiary/aromatic N) is 1. The molecule has 0 spiro atoms. The van der Waals surface area contributed by atoms with Crippen molar-refractivity contribution in [3.05, 3.63) is 33.8 Å². The lowest BCUT2D eigenvalue weighted by atomic mass is 10.1. The first kappa shape index (κ1) is 13.2. The number of nitrogens with one attached hydrogen (secondary N) is 1. The minimum Gasteiger partial charge on any atom is -0.309 e. The molecule has 0 saturated carbocycles. The Bertz CT molecular complexity index is 385. The molecule has 2 rings (SSSR count). The van der Waals surface area contributed by atoms with Gasteiger partial charge in [-0.25, -0.2) is 0 Å². The summed E-state index contributed by atoms with van der Waals surface area (Å²) in [6.07, 6.45) is 0. The lowest BCUT2D eigenvalue weighted by Crippen LogP contribution is -2.53. The zero-order chi connectivity index (χ0) is 12.4. The van der Waals surface area contributed by atoms with Crippen LogP contribution in [0.25, 0.3) is 0 Å². The van der Waals surface area contributed by atoms with Crippen molar-refractivity contribution in [2.45, 2.75) is 32.5 Å². The van der Waals surface area contributed by atoms with E-state index in [1.807, 2.05) is 18.2 Å². The van der Waals surface area contributed by atoms with Gasteiger partial charge in [0.05, 0.1) is 0 Å². The third-order valence-corrected chi connectivity index (χ3v) is 3.63. The fourth-order valence-corrected chi connectivity index (χ4v) is 2.93. The highest BCUT2D eigenvalue weighted by Crippen LogP contribution is 2.22. The first-order valence-electron chi connectivity index (χ1n) is 5.97. The largest absolute Gasteiger partial charge is 0.309 e. The van der Waals surface area contributed by atoms with Gasteiger partial charge >= 0.3 is 0 Å². The minimum absolute atomic E-state index is 0.532. The summed E-state index contributed by atoms with van der Waals surface area (Å²) in [6.45, 7) is 7.44. The van der Waals surface area contributed by atoms with Crippen LogP contribution in [0.15, 0.2) is 18.2 Å². The van der Waals surface area contributed by atoms with Gasteiger partial charge in [-0.15, -0.1) is 0 Å². The first-order chi connectivity index (χ1) is 8.04. The average molecular weight is 273 g/mol. The molecule has 2 atom stereocenters. The maximum atomic E-state index is 6.19. The van der Waals surface area contributed by atoms with E-state index in [1.54, 1.807) is 0 Å². The Morgan fingerprint density at radius 1 is 1.24 bits per heavy atom. The summed E-state index contributed by atoms with van der Waals surface area (Å²) >= 11 is 12.1. The van der Waals surface area contributed by atoms with Gasteiger partial charge in [0.1, 0.15) is 0 Å². The van der Waals surface area contributed by atoms with Crippen molar-refractivity contribution in [1.82, 2.24) is 10.2 Å². The van der Waals surface area contributed by atoms with Gasteiger partial charge < -0.3 is 5.32 Å². The smallest absolute Gasteiger partial charge is 0.0465 e. The predicted molar refractivity (Wildman–Crippen MR) is 73.8 cm³/mol. The Kier molecular flexibility index (Phi) is 4.31. The van der Waals surface area contributed by atoms with E-state index in [-0.39, 0.29) is 0 Å². The summed E-state index contributed by atoms with van der Waals surface area (Å²) in [5.74, 6) is 0. The highest BCUT2D eigenvalue weighted by Gasteiger charge is 2.21. The molecule has 0 amide bonds. The number of piperazine rings is 1. The van der Waals surface area contributed by atoms with Crippen LogP contribution in [0.4, 0.5) is 0 Å². The van der Waals surface area contributed by atoms with Crippen LogP contribution in [0, 0.1) is 0 Å². The Morgan fingerprint density at radius 2 is 1.88 bits per heavy atom. The second-order valence-corrected chi connectivity index (χ2v) is 5.74. The van der Waals surface area contributed by atoms with Crippen LogP contribution in [-0.2, 0) is 6.54 Å². The fourth-order valence-electron chi connectivity index (χ4n) is 2.46. The third-order valence-electron chi connectivity index (χ3n) is 3.04. The molecule has 1 heterocycles. The molecular formula is C13H18Cl2N2. The van der Waals surface area contributed by atoms with Crippen LogP contribution in [0.1, 0.15) is 19.4 Å². The molecule has 2 unspecified atom stereocenters. The molecule has 2 nitrogen and oxygen atoms in total. The highest BCUT2D eigenvalue weighted by atomic mass is 35.5. The Labute approximate surface area is 113 Å². The molecule has 1 fully saturated rings. The summed E-state index contributed by atoms with van der Waals surface area (Å²) in [5, 5.41) is 4.98. The Balaban J connectivity index is 2.04. The van der Waals surface area contributed by atoms with Crippen molar-refractivity contribution < 1.29 is 0 Å². The van der Waals surface area contributed by atoms with Gasteiger partial charge in [-0.2, -0.15) is 0 Å². The van der Waals surface area contributed by atoms with Crippen LogP contribution < -0.4 is 5.32 Å². The minimum atomic E-state index is 0.532. The normalized spacial score (nSPS) is 26.1. The van der Waals surface area contributed by atoms with Gasteiger partial charge in [0, 0.05) is 41.8 Å². The van der Waals surface area contributed by atoms with E-state index in [0.29, 0.717) is 17.1 Å². The van der Waals surface area contributed by atoms with Crippen molar-refractivity contribution in [1.29, 1.82) is 0 Å². The molecule has 4 heteroatoms. The van der Waals surface area contributed by atoms with Gasteiger partial charge in [0.25, 0.3) is 0 Å². The SMILES string of the molecule is CC1CN(Cc2ccc(Cl)cc2Cl)CC(C)N1. The molecule has 1 aliphatic heterocycles. The Morgan fingerprint density at radius 3 is 2.47 bits per heavy atom. The van der Waals surface area contributed by atoms with Crippen molar-refractivity contribution in [2.75, 3.05) is 13.1 Å². The van der Waals surface area contributed by atoms with Gasteiger partial charge in [-0.3, -0.25) is 4.90 Å². The van der Waals surface area contributed by atoms with Crippen molar-refractivity contribution >= 4 is 23.2 Å². The van der Waals surface area contributed by atoms with E-state index in [2.05, 4.69) is 24.1 Å². The maximum Gasteiger partial charge on any atom is 0.0465 e. The third kappa shape index (κ3) is 3.59. The molecular weight excluding hydrogens is 255 g/mol. The van der Waals surface area contributed by atoms with Gasteiger partial charge in [0.2, 0.25) is 0 Å². The topological polar surface area (TPSA) is 15.3 Å². The number of benzene rings is 1. The van der Waals surface area contributed by atoms with E-state index in [0.717, 1.165) is 30.2 Å². The molecule has 17 heavy (non-hydrogen) atoms. The fraction of sp³-hybridized carbons (Fsp3) is 0.538. The number of hydrogen-bond donors (Lipinski definition) is 1. The molecule has 1 aromatic rings. The second-order valence-electron chi connectivity index (χ2n) is 4.90. The highest BCUT2D eigenvalue weighted by molar-refractivity contribution is 6.35. The average Bonchev–Trinajstić information content (AvgIpc) is 2.21. The zero-order valence-corrected chi connectivity index (χ0v) is 11.7. The quantitative estimate of drug-likeness (QED) is 0.890. The van der Waals surface area contributed by atoms with Crippen LogP contribution in [0.5, 0.6) is 0 Å². The van der Waals surface area contributed by atoms with Gasteiger partial charge in [-0.05, 0) is 31.5 Å². The summed E-state index contributed by atoms with van der Waals surface area (Å²) < 4.78 is 0. The van der Waals surface area contributed by atoms with E-state index in [1.165, 1.54) is 0 Å². The molecule has 1 saturated heterocycles. The molecule has 0 bridgehead atoms. The molecule has 0 aliphatic carbocycles. The lowest BCUT2D eigenvalue weighted by molar-refractivity contribution is 0.166. The monoisotopic (exact) mass is 272 g/mol. The molecule has 0 radical (unpaired) electrons. The molecule has 1 N–H and O–H groups in total. The van der Waals surface area contributed by atoms with Gasteiger partial charge in [-0.1, -0.05) is 29.3 Å². The van der Waals surface area contributed by atoms with Gasteiger partial charge in [0.15, 0.2) is 0 Å². The molecule has 1 aliphatic rings. The van der Waals surface area contributed by atoms with Crippen LogP contribution in [-0.4, -0.2) is 30.1 Å². The van der Waals surface area contributed by atoms with Crippen molar-refractivity contribution in [2.24, 2.45) is 0 Å². The summed E-state index contributed by atoms with van der Waals surface area (Å²) in [7, 11) is 0. The summed E-state index contributed by atoms with van der Waals surface area (Å²) in [4.78, 5) is 2.43. The van der Waals surface area contributed by atoms with E-state index in [9.17, 15) is 0 Å². The van der Waals surface area contributed by atoms with E-state index >= 15 is 0 Å². The number of rotatable bonds is 2. The second kappa shape index (κ2) is 5.57. The Hall–Kier alpha value is -0.280. The number of hydrogen-bond acceptors (Lipinski definition) is 2. The van der Waals surface area contributed by atoms with Crippen molar-refractivity contribution in [3.63, 3.8) is 0 Å². The lowest BCUT2D eigenvalue weighted by Gasteiger charge is -2.36. The van der Waals surface area contributed by atoms with E-state index < -0.39 is 0 Å². The van der Waals surface area contributed by atoms with E-state index in [4.69, 9.17) is 23.2 Å². The predicted octanol–water partition coefficient (Wildman–Crippen LogP) is 3.18. The number of halogens is 2. The molecule has 0 aromatic heterocycles. The maximum absolute atomic E-state index is 6.19. The summed E-state index contributed by atoms with van der Waals surface area (Å²) in [6, 6.07) is 6.79. The zero-order valence-electron chi connectivity index (χ0n) is 10.2. The molecule has 94 valence electrons. The van der Waals surface area contributed by atoms with Crippen molar-refractivity contribution in [3.8, 4) is 0 Å². The standard InChI is InChI=1S/C13H18Cl2N2/c1-9-6-17(7-10(2)16-9)8-11-3-4-12(14)5-13(11)15/h3-5,9-10,16H,6-8H2,1-2H3.